The molecule has 0 bridgehead atoms. The lowest BCUT2D eigenvalue weighted by molar-refractivity contribution is -0.122. The van der Waals surface area contributed by atoms with Gasteiger partial charge in [-0.15, -0.1) is 0 Å². The van der Waals surface area contributed by atoms with E-state index in [2.05, 4.69) is 5.32 Å². The van der Waals surface area contributed by atoms with Crippen LogP contribution in [0.4, 0.5) is 0 Å². The Bertz CT molecular complexity index is 406. The molecule has 21 heavy (non-hydrogen) atoms. The lowest BCUT2D eigenvalue weighted by Crippen LogP contribution is -2.35. The van der Waals surface area contributed by atoms with Crippen LogP contribution in [0.1, 0.15) is 18.9 Å². The predicted octanol–water partition coefficient (Wildman–Crippen LogP) is 1.67. The van der Waals surface area contributed by atoms with Gasteiger partial charge in [0.05, 0.1) is 13.2 Å². The molecule has 1 amide bonds. The Morgan fingerprint density at radius 2 is 2.00 bits per heavy atom. The Balaban J connectivity index is 2.28. The van der Waals surface area contributed by atoms with Crippen molar-refractivity contribution in [3.05, 3.63) is 29.8 Å². The second-order valence-electron chi connectivity index (χ2n) is 4.95. The summed E-state index contributed by atoms with van der Waals surface area (Å²) in [6.45, 7) is 5.08. The number of rotatable bonds is 10. The van der Waals surface area contributed by atoms with Crippen molar-refractivity contribution >= 4 is 5.91 Å². The molecule has 0 heterocycles. The van der Waals surface area contributed by atoms with Crippen molar-refractivity contribution in [3.8, 4) is 5.75 Å². The zero-order chi connectivity index (χ0) is 15.5. The van der Waals surface area contributed by atoms with Crippen molar-refractivity contribution in [2.75, 3.05) is 40.5 Å². The van der Waals surface area contributed by atoms with Crippen LogP contribution in [-0.4, -0.2) is 51.3 Å². The SMILES string of the molecule is CCOc1ccc(CN(C)CC(=O)NCCCOC)cc1. The van der Waals surface area contributed by atoms with Gasteiger partial charge in [0.1, 0.15) is 5.75 Å². The third-order valence-corrected chi connectivity index (χ3v) is 2.95. The van der Waals surface area contributed by atoms with Crippen LogP contribution in [0.5, 0.6) is 5.75 Å². The number of amides is 1. The molecule has 0 aliphatic heterocycles. The molecule has 1 aromatic carbocycles. The number of carbonyl (C=O) groups is 1. The van der Waals surface area contributed by atoms with Crippen molar-refractivity contribution in [2.24, 2.45) is 0 Å². The minimum atomic E-state index is 0.0412. The maximum Gasteiger partial charge on any atom is 0.234 e. The molecule has 0 atom stereocenters. The van der Waals surface area contributed by atoms with Crippen LogP contribution in [0.3, 0.4) is 0 Å². The van der Waals surface area contributed by atoms with E-state index in [1.165, 1.54) is 0 Å². The van der Waals surface area contributed by atoms with Crippen LogP contribution in [0.2, 0.25) is 0 Å². The molecule has 0 aliphatic carbocycles. The Labute approximate surface area is 127 Å². The summed E-state index contributed by atoms with van der Waals surface area (Å²) in [5.74, 6) is 0.916. The molecule has 0 spiro atoms. The lowest BCUT2D eigenvalue weighted by atomic mass is 10.2. The average Bonchev–Trinajstić information content (AvgIpc) is 2.46. The summed E-state index contributed by atoms with van der Waals surface area (Å²) >= 11 is 0. The molecule has 1 rings (SSSR count). The Morgan fingerprint density at radius 1 is 1.29 bits per heavy atom. The number of ether oxygens (including phenoxy) is 2. The van der Waals surface area contributed by atoms with Gasteiger partial charge in [0, 0.05) is 26.8 Å². The largest absolute Gasteiger partial charge is 0.494 e. The van der Waals surface area contributed by atoms with E-state index in [-0.39, 0.29) is 5.91 Å². The second kappa shape index (κ2) is 10.2. The minimum absolute atomic E-state index is 0.0412. The number of nitrogens with one attached hydrogen (secondary N) is 1. The third-order valence-electron chi connectivity index (χ3n) is 2.95. The van der Waals surface area contributed by atoms with Gasteiger partial charge in [-0.1, -0.05) is 12.1 Å². The molecule has 0 radical (unpaired) electrons. The summed E-state index contributed by atoms with van der Waals surface area (Å²) in [6.07, 6.45) is 0.838. The van der Waals surface area contributed by atoms with Gasteiger partial charge in [-0.25, -0.2) is 0 Å². The van der Waals surface area contributed by atoms with E-state index in [0.29, 0.717) is 26.3 Å². The normalized spacial score (nSPS) is 10.7. The van der Waals surface area contributed by atoms with Crippen LogP contribution < -0.4 is 10.1 Å². The van der Waals surface area contributed by atoms with E-state index in [1.807, 2.05) is 43.1 Å². The molecule has 118 valence electrons. The highest BCUT2D eigenvalue weighted by molar-refractivity contribution is 5.77. The number of methoxy groups -OCH3 is 1. The summed E-state index contributed by atoms with van der Waals surface area (Å²) in [5, 5.41) is 2.88. The quantitative estimate of drug-likeness (QED) is 0.667. The molecule has 5 nitrogen and oxygen atoms in total. The van der Waals surface area contributed by atoms with E-state index in [4.69, 9.17) is 9.47 Å². The van der Waals surface area contributed by atoms with E-state index in [9.17, 15) is 4.79 Å². The molecule has 0 saturated carbocycles. The highest BCUT2D eigenvalue weighted by Crippen LogP contribution is 2.13. The fraction of sp³-hybridized carbons (Fsp3) is 0.562. The molecule has 0 fully saturated rings. The van der Waals surface area contributed by atoms with Gasteiger partial charge in [0.15, 0.2) is 0 Å². The van der Waals surface area contributed by atoms with Crippen LogP contribution in [-0.2, 0) is 16.1 Å². The molecule has 0 saturated heterocycles. The van der Waals surface area contributed by atoms with Gasteiger partial charge in [0.2, 0.25) is 5.91 Å². The Kier molecular flexibility index (Phi) is 8.47. The standard InChI is InChI=1S/C16H26N2O3/c1-4-21-15-8-6-14(7-9-15)12-18(2)13-16(19)17-10-5-11-20-3/h6-9H,4-5,10-13H2,1-3H3,(H,17,19). The summed E-state index contributed by atoms with van der Waals surface area (Å²) in [5.41, 5.74) is 1.16. The first-order valence-corrected chi connectivity index (χ1v) is 7.31. The average molecular weight is 294 g/mol. The molecule has 0 unspecified atom stereocenters. The van der Waals surface area contributed by atoms with Crippen LogP contribution in [0.15, 0.2) is 24.3 Å². The maximum atomic E-state index is 11.7. The highest BCUT2D eigenvalue weighted by Gasteiger charge is 2.06. The number of benzene rings is 1. The van der Waals surface area contributed by atoms with Crippen molar-refractivity contribution < 1.29 is 14.3 Å². The first kappa shape index (κ1) is 17.5. The minimum Gasteiger partial charge on any atom is -0.494 e. The number of nitrogens with zero attached hydrogens (tertiary/aromatic N) is 1. The first-order valence-electron chi connectivity index (χ1n) is 7.31. The monoisotopic (exact) mass is 294 g/mol. The first-order chi connectivity index (χ1) is 10.2. The summed E-state index contributed by atoms with van der Waals surface area (Å²) in [6, 6.07) is 7.96. The van der Waals surface area contributed by atoms with Gasteiger partial charge in [-0.3, -0.25) is 9.69 Å². The zero-order valence-electron chi connectivity index (χ0n) is 13.2. The molecule has 1 N–H and O–H groups in total. The smallest absolute Gasteiger partial charge is 0.234 e. The fourth-order valence-corrected chi connectivity index (χ4v) is 1.97. The Hall–Kier alpha value is -1.59. The number of likely N-dealkylation sites (N-methyl/N-ethyl adjacent to an activating group) is 1. The summed E-state index contributed by atoms with van der Waals surface area (Å²) in [7, 11) is 3.59. The lowest BCUT2D eigenvalue weighted by Gasteiger charge is -2.16. The highest BCUT2D eigenvalue weighted by atomic mass is 16.5. The van der Waals surface area contributed by atoms with Gasteiger partial charge >= 0.3 is 0 Å². The van der Waals surface area contributed by atoms with E-state index in [1.54, 1.807) is 7.11 Å². The number of carbonyl (C=O) groups excluding carboxylic acids is 1. The van der Waals surface area contributed by atoms with E-state index in [0.717, 1.165) is 24.3 Å². The molecule has 5 heteroatoms. The third kappa shape index (κ3) is 7.68. The van der Waals surface area contributed by atoms with Crippen molar-refractivity contribution in [3.63, 3.8) is 0 Å². The second-order valence-corrected chi connectivity index (χ2v) is 4.95. The van der Waals surface area contributed by atoms with Gasteiger partial charge in [-0.05, 0) is 38.1 Å². The topological polar surface area (TPSA) is 50.8 Å². The molecule has 0 aliphatic rings. The van der Waals surface area contributed by atoms with Crippen molar-refractivity contribution in [1.29, 1.82) is 0 Å². The van der Waals surface area contributed by atoms with Gasteiger partial charge < -0.3 is 14.8 Å². The van der Waals surface area contributed by atoms with Crippen LogP contribution in [0.25, 0.3) is 0 Å². The zero-order valence-corrected chi connectivity index (χ0v) is 13.2. The summed E-state index contributed by atoms with van der Waals surface area (Å²) in [4.78, 5) is 13.7. The van der Waals surface area contributed by atoms with Crippen LogP contribution >= 0.6 is 0 Å². The number of hydrogen-bond donors (Lipinski definition) is 1. The van der Waals surface area contributed by atoms with Gasteiger partial charge in [-0.2, -0.15) is 0 Å². The molecular formula is C16H26N2O3. The molecule has 0 aromatic heterocycles. The van der Waals surface area contributed by atoms with Crippen molar-refractivity contribution in [1.82, 2.24) is 10.2 Å². The molecular weight excluding hydrogens is 268 g/mol. The Morgan fingerprint density at radius 3 is 2.62 bits per heavy atom. The summed E-state index contributed by atoms with van der Waals surface area (Å²) < 4.78 is 10.3. The van der Waals surface area contributed by atoms with Crippen molar-refractivity contribution in [2.45, 2.75) is 19.9 Å². The fourth-order valence-electron chi connectivity index (χ4n) is 1.97. The molecule has 1 aromatic rings. The van der Waals surface area contributed by atoms with E-state index >= 15 is 0 Å². The van der Waals surface area contributed by atoms with Crippen LogP contribution in [0, 0.1) is 0 Å². The maximum absolute atomic E-state index is 11.7. The predicted molar refractivity (Wildman–Crippen MR) is 83.4 cm³/mol. The van der Waals surface area contributed by atoms with E-state index < -0.39 is 0 Å². The van der Waals surface area contributed by atoms with Gasteiger partial charge in [0.25, 0.3) is 0 Å². The number of hydrogen-bond acceptors (Lipinski definition) is 4.